The zero-order valence-electron chi connectivity index (χ0n) is 16.2. The molecule has 0 aliphatic heterocycles. The van der Waals surface area contributed by atoms with Crippen molar-refractivity contribution < 1.29 is 9.72 Å². The van der Waals surface area contributed by atoms with Crippen molar-refractivity contribution in [3.8, 4) is 0 Å². The summed E-state index contributed by atoms with van der Waals surface area (Å²) in [6, 6.07) is 18.9. The van der Waals surface area contributed by atoms with Gasteiger partial charge >= 0.3 is 0 Å². The summed E-state index contributed by atoms with van der Waals surface area (Å²) in [7, 11) is 0. The van der Waals surface area contributed by atoms with E-state index in [0.29, 0.717) is 16.3 Å². The highest BCUT2D eigenvalue weighted by Gasteiger charge is 2.21. The summed E-state index contributed by atoms with van der Waals surface area (Å²) in [5, 5.41) is 16.9. The smallest absolute Gasteiger partial charge is 0.267 e. The molecule has 0 saturated heterocycles. The number of hydrogen-bond donors (Lipinski definition) is 0. The van der Waals surface area contributed by atoms with E-state index in [4.69, 9.17) is 0 Å². The lowest BCUT2D eigenvalue weighted by atomic mass is 10.1. The number of nitro benzene ring substituents is 1. The first kappa shape index (κ1) is 20.8. The van der Waals surface area contributed by atoms with Crippen molar-refractivity contribution in [1.29, 1.82) is 0 Å². The minimum atomic E-state index is -0.465. The average molecular weight is 495 g/mol. The standard InChI is InChI=1S/C22H15BrN4O3S/c1-14-3-2-4-16(11-14)21(28)26(22-25-19-10-7-17(23)12-20(19)31-22)24-13-15-5-8-18(9-6-15)27(29)30/h2-13H,1H3/b24-13+. The summed E-state index contributed by atoms with van der Waals surface area (Å²) < 4.78 is 1.83. The molecular formula is C22H15BrN4O3S. The number of hydrogen-bond acceptors (Lipinski definition) is 6. The van der Waals surface area contributed by atoms with Crippen LogP contribution in [0.25, 0.3) is 10.2 Å². The van der Waals surface area contributed by atoms with Crippen LogP contribution < -0.4 is 5.01 Å². The highest BCUT2D eigenvalue weighted by atomic mass is 79.9. The Hall–Kier alpha value is -3.43. The third-order valence-electron chi connectivity index (χ3n) is 4.40. The minimum absolute atomic E-state index is 0.0124. The molecule has 0 aliphatic rings. The molecule has 4 rings (SSSR count). The molecule has 7 nitrogen and oxygen atoms in total. The lowest BCUT2D eigenvalue weighted by molar-refractivity contribution is -0.384. The highest BCUT2D eigenvalue weighted by molar-refractivity contribution is 9.10. The molecule has 1 amide bonds. The van der Waals surface area contributed by atoms with E-state index >= 15 is 0 Å². The van der Waals surface area contributed by atoms with Crippen molar-refractivity contribution in [3.05, 3.63) is 98.0 Å². The summed E-state index contributed by atoms with van der Waals surface area (Å²) in [5.74, 6) is -0.319. The number of fused-ring (bicyclic) bond motifs is 1. The molecule has 0 aliphatic carbocycles. The van der Waals surface area contributed by atoms with Crippen LogP contribution in [0.15, 0.2) is 76.3 Å². The zero-order chi connectivity index (χ0) is 22.0. The Kier molecular flexibility index (Phi) is 5.88. The van der Waals surface area contributed by atoms with Crippen molar-refractivity contribution in [2.24, 2.45) is 5.10 Å². The number of hydrazone groups is 1. The monoisotopic (exact) mass is 494 g/mol. The molecule has 9 heteroatoms. The molecular weight excluding hydrogens is 480 g/mol. The number of nitro groups is 1. The van der Waals surface area contributed by atoms with Gasteiger partial charge in [-0.15, -0.1) is 0 Å². The van der Waals surface area contributed by atoms with Gasteiger partial charge in [-0.1, -0.05) is 45.0 Å². The summed E-state index contributed by atoms with van der Waals surface area (Å²) in [5.41, 5.74) is 2.81. The van der Waals surface area contributed by atoms with Crippen molar-refractivity contribution in [2.75, 3.05) is 5.01 Å². The second-order valence-corrected chi connectivity index (χ2v) is 8.61. The number of anilines is 1. The molecule has 0 N–H and O–H groups in total. The highest BCUT2D eigenvalue weighted by Crippen LogP contribution is 2.32. The number of aryl methyl sites for hydroxylation is 1. The van der Waals surface area contributed by atoms with E-state index in [2.05, 4.69) is 26.0 Å². The molecule has 0 fully saturated rings. The minimum Gasteiger partial charge on any atom is -0.267 e. The van der Waals surface area contributed by atoms with Crippen LogP contribution in [0.5, 0.6) is 0 Å². The Bertz CT molecular complexity index is 1320. The summed E-state index contributed by atoms with van der Waals surface area (Å²) in [6.45, 7) is 1.91. The first-order chi connectivity index (χ1) is 14.9. The molecule has 0 bridgehead atoms. The number of non-ortho nitro benzene ring substituents is 1. The molecule has 1 heterocycles. The predicted molar refractivity (Wildman–Crippen MR) is 126 cm³/mol. The molecule has 0 atom stereocenters. The molecule has 4 aromatic rings. The first-order valence-electron chi connectivity index (χ1n) is 9.16. The SMILES string of the molecule is Cc1cccc(C(=O)N(/N=C/c2ccc([N+](=O)[O-])cc2)c2nc3ccc(Br)cc3s2)c1. The summed E-state index contributed by atoms with van der Waals surface area (Å²) in [4.78, 5) is 28.2. The van der Waals surface area contributed by atoms with Gasteiger partial charge in [-0.2, -0.15) is 10.1 Å². The average Bonchev–Trinajstić information content (AvgIpc) is 3.16. The maximum Gasteiger partial charge on any atom is 0.280 e. The zero-order valence-corrected chi connectivity index (χ0v) is 18.6. The van der Waals surface area contributed by atoms with E-state index in [0.717, 1.165) is 20.3 Å². The Labute approximate surface area is 189 Å². The van der Waals surface area contributed by atoms with Gasteiger partial charge in [0.05, 0.1) is 21.4 Å². The summed E-state index contributed by atoms with van der Waals surface area (Å²) >= 11 is 4.80. The van der Waals surface area contributed by atoms with E-state index in [1.807, 2.05) is 37.3 Å². The van der Waals surface area contributed by atoms with Crippen LogP contribution in [0.1, 0.15) is 21.5 Å². The van der Waals surface area contributed by atoms with Crippen LogP contribution in [0.4, 0.5) is 10.8 Å². The topological polar surface area (TPSA) is 88.7 Å². The molecule has 0 spiro atoms. The number of carbonyl (C=O) groups is 1. The maximum atomic E-state index is 13.3. The lowest BCUT2D eigenvalue weighted by Gasteiger charge is -2.14. The van der Waals surface area contributed by atoms with Gasteiger partial charge < -0.3 is 0 Å². The van der Waals surface area contributed by atoms with Crippen LogP contribution in [-0.2, 0) is 0 Å². The normalized spacial score (nSPS) is 11.2. The van der Waals surface area contributed by atoms with Crippen molar-refractivity contribution in [1.82, 2.24) is 4.98 Å². The number of carbonyl (C=O) groups excluding carboxylic acids is 1. The number of nitrogens with zero attached hydrogens (tertiary/aromatic N) is 4. The fourth-order valence-corrected chi connectivity index (χ4v) is 4.35. The van der Waals surface area contributed by atoms with Gasteiger partial charge in [0.2, 0.25) is 5.13 Å². The van der Waals surface area contributed by atoms with E-state index in [9.17, 15) is 14.9 Å². The lowest BCUT2D eigenvalue weighted by Crippen LogP contribution is -2.25. The molecule has 1 aromatic heterocycles. The number of benzene rings is 3. The fraction of sp³-hybridized carbons (Fsp3) is 0.0455. The van der Waals surface area contributed by atoms with Gasteiger partial charge in [-0.3, -0.25) is 14.9 Å². The maximum absolute atomic E-state index is 13.3. The van der Waals surface area contributed by atoms with E-state index in [-0.39, 0.29) is 11.6 Å². The number of thiazole rings is 1. The Morgan fingerprint density at radius 1 is 1.16 bits per heavy atom. The third kappa shape index (κ3) is 4.68. The fourth-order valence-electron chi connectivity index (χ4n) is 2.87. The largest absolute Gasteiger partial charge is 0.280 e. The van der Waals surface area contributed by atoms with Crippen LogP contribution in [0, 0.1) is 17.0 Å². The van der Waals surface area contributed by atoms with E-state index < -0.39 is 4.92 Å². The first-order valence-corrected chi connectivity index (χ1v) is 10.8. The predicted octanol–water partition coefficient (Wildman–Crippen LogP) is 5.96. The molecule has 0 radical (unpaired) electrons. The van der Waals surface area contributed by atoms with Gasteiger partial charge in [0, 0.05) is 22.2 Å². The molecule has 0 unspecified atom stereocenters. The molecule has 0 saturated carbocycles. The number of rotatable bonds is 5. The Morgan fingerprint density at radius 2 is 1.94 bits per heavy atom. The van der Waals surface area contributed by atoms with E-state index in [1.165, 1.54) is 34.7 Å². The van der Waals surface area contributed by atoms with Crippen LogP contribution in [-0.4, -0.2) is 22.0 Å². The molecule has 31 heavy (non-hydrogen) atoms. The summed E-state index contributed by atoms with van der Waals surface area (Å²) in [6.07, 6.45) is 1.49. The molecule has 3 aromatic carbocycles. The number of amides is 1. The van der Waals surface area contributed by atoms with Crippen LogP contribution in [0.2, 0.25) is 0 Å². The van der Waals surface area contributed by atoms with E-state index in [1.54, 1.807) is 24.3 Å². The quantitative estimate of drug-likeness (QED) is 0.194. The third-order valence-corrected chi connectivity index (χ3v) is 5.89. The van der Waals surface area contributed by atoms with Crippen LogP contribution >= 0.6 is 27.3 Å². The van der Waals surface area contributed by atoms with Crippen molar-refractivity contribution in [2.45, 2.75) is 6.92 Å². The van der Waals surface area contributed by atoms with Crippen molar-refractivity contribution >= 4 is 60.4 Å². The van der Waals surface area contributed by atoms with Gasteiger partial charge in [0.1, 0.15) is 0 Å². The Morgan fingerprint density at radius 3 is 2.65 bits per heavy atom. The number of aromatic nitrogens is 1. The van der Waals surface area contributed by atoms with Crippen LogP contribution in [0.3, 0.4) is 0 Å². The second kappa shape index (κ2) is 8.75. The van der Waals surface area contributed by atoms with Gasteiger partial charge in [0.25, 0.3) is 11.6 Å². The Balaban J connectivity index is 1.74. The van der Waals surface area contributed by atoms with Gasteiger partial charge in [0.15, 0.2) is 0 Å². The van der Waals surface area contributed by atoms with Crippen molar-refractivity contribution in [3.63, 3.8) is 0 Å². The van der Waals surface area contributed by atoms with Gasteiger partial charge in [-0.25, -0.2) is 4.98 Å². The molecule has 154 valence electrons. The van der Waals surface area contributed by atoms with Gasteiger partial charge in [-0.05, 0) is 55.0 Å². The second-order valence-electron chi connectivity index (χ2n) is 6.69. The number of halogens is 1.